The number of hydrogen-bond donors (Lipinski definition) is 0. The molecule has 17 heavy (non-hydrogen) atoms. The first-order valence-corrected chi connectivity index (χ1v) is 6.24. The van der Waals surface area contributed by atoms with E-state index >= 15 is 0 Å². The summed E-state index contributed by atoms with van der Waals surface area (Å²) in [5, 5.41) is 8.22. The molecule has 0 bridgehead atoms. The van der Waals surface area contributed by atoms with Crippen molar-refractivity contribution in [2.45, 2.75) is 18.7 Å². The lowest BCUT2D eigenvalue weighted by atomic mass is 10.2. The number of halogens is 1. The third kappa shape index (κ3) is 2.49. The van der Waals surface area contributed by atoms with E-state index < -0.39 is 0 Å². The topological polar surface area (TPSA) is 39.9 Å². The molecule has 2 rings (SSSR count). The van der Waals surface area contributed by atoms with Gasteiger partial charge in [0.05, 0.1) is 23.8 Å². The van der Waals surface area contributed by atoms with E-state index in [1.807, 2.05) is 38.2 Å². The molecule has 90 valence electrons. The monoisotopic (exact) mass is 295 g/mol. The molecule has 0 aliphatic rings. The standard InChI is InChI=1S/C12H14BrN3O/c1-8-4-5-12(17-3)11(6-8)16-7-10(9(2)13)14-15-16/h4-7,9H,1-3H3. The number of alkyl halides is 1. The predicted octanol–water partition coefficient (Wildman–Crippen LogP) is 3.04. The molecule has 0 aliphatic carbocycles. The summed E-state index contributed by atoms with van der Waals surface area (Å²) in [4.78, 5) is 0.187. The Labute approximate surface area is 109 Å². The van der Waals surface area contributed by atoms with Crippen molar-refractivity contribution in [2.24, 2.45) is 0 Å². The van der Waals surface area contributed by atoms with Crippen molar-refractivity contribution in [3.8, 4) is 11.4 Å². The minimum Gasteiger partial charge on any atom is -0.494 e. The summed E-state index contributed by atoms with van der Waals surface area (Å²) in [6, 6.07) is 5.97. The zero-order chi connectivity index (χ0) is 12.4. The van der Waals surface area contributed by atoms with Gasteiger partial charge in [0.25, 0.3) is 0 Å². The minimum absolute atomic E-state index is 0.187. The number of aromatic nitrogens is 3. The molecular formula is C12H14BrN3O. The largest absolute Gasteiger partial charge is 0.494 e. The average Bonchev–Trinajstić information content (AvgIpc) is 2.78. The van der Waals surface area contributed by atoms with Gasteiger partial charge in [0.2, 0.25) is 0 Å². The molecule has 0 saturated heterocycles. The number of methoxy groups -OCH3 is 1. The quantitative estimate of drug-likeness (QED) is 0.817. The van der Waals surface area contributed by atoms with Crippen molar-refractivity contribution in [3.63, 3.8) is 0 Å². The second kappa shape index (κ2) is 4.87. The molecule has 2 aromatic rings. The summed E-state index contributed by atoms with van der Waals surface area (Å²) in [6.07, 6.45) is 1.90. The number of ether oxygens (including phenoxy) is 1. The maximum Gasteiger partial charge on any atom is 0.144 e. The van der Waals surface area contributed by atoms with E-state index in [0.717, 1.165) is 22.7 Å². The van der Waals surface area contributed by atoms with E-state index in [4.69, 9.17) is 4.74 Å². The van der Waals surface area contributed by atoms with Crippen molar-refractivity contribution in [2.75, 3.05) is 7.11 Å². The smallest absolute Gasteiger partial charge is 0.144 e. The van der Waals surface area contributed by atoms with E-state index in [1.165, 1.54) is 0 Å². The summed E-state index contributed by atoms with van der Waals surface area (Å²) in [7, 11) is 1.65. The van der Waals surface area contributed by atoms with Crippen LogP contribution in [0.1, 0.15) is 23.0 Å². The van der Waals surface area contributed by atoms with Gasteiger partial charge in [0.15, 0.2) is 0 Å². The lowest BCUT2D eigenvalue weighted by Crippen LogP contribution is -1.99. The van der Waals surface area contributed by atoms with Gasteiger partial charge in [-0.05, 0) is 31.5 Å². The molecule has 1 aromatic heterocycles. The Kier molecular flexibility index (Phi) is 3.47. The highest BCUT2D eigenvalue weighted by Crippen LogP contribution is 2.25. The number of aryl methyl sites for hydroxylation is 1. The number of benzene rings is 1. The molecule has 4 nitrogen and oxygen atoms in total. The molecule has 1 aromatic carbocycles. The molecule has 0 aliphatic heterocycles. The molecule has 0 amide bonds. The fraction of sp³-hybridized carbons (Fsp3) is 0.333. The van der Waals surface area contributed by atoms with Gasteiger partial charge in [-0.25, -0.2) is 4.68 Å². The first-order chi connectivity index (χ1) is 8.11. The molecule has 0 N–H and O–H groups in total. The predicted molar refractivity (Wildman–Crippen MR) is 70.0 cm³/mol. The third-order valence-electron chi connectivity index (χ3n) is 2.50. The minimum atomic E-state index is 0.187. The van der Waals surface area contributed by atoms with Crippen molar-refractivity contribution >= 4 is 15.9 Å². The van der Waals surface area contributed by atoms with E-state index in [2.05, 4.69) is 26.2 Å². The number of hydrogen-bond acceptors (Lipinski definition) is 3. The summed E-state index contributed by atoms with van der Waals surface area (Å²) in [5.41, 5.74) is 2.96. The van der Waals surface area contributed by atoms with Crippen LogP contribution in [0.5, 0.6) is 5.75 Å². The van der Waals surface area contributed by atoms with Gasteiger partial charge in [-0.15, -0.1) is 5.10 Å². The Morgan fingerprint density at radius 1 is 1.41 bits per heavy atom. The van der Waals surface area contributed by atoms with Crippen molar-refractivity contribution in [1.82, 2.24) is 15.0 Å². The maximum absolute atomic E-state index is 5.32. The maximum atomic E-state index is 5.32. The lowest BCUT2D eigenvalue weighted by molar-refractivity contribution is 0.411. The summed E-state index contributed by atoms with van der Waals surface area (Å²) in [5.74, 6) is 0.786. The van der Waals surface area contributed by atoms with Crippen molar-refractivity contribution in [1.29, 1.82) is 0 Å². The molecule has 1 heterocycles. The molecule has 0 radical (unpaired) electrons. The fourth-order valence-corrected chi connectivity index (χ4v) is 1.77. The third-order valence-corrected chi connectivity index (χ3v) is 2.97. The SMILES string of the molecule is COc1ccc(C)cc1-n1cc(C(C)Br)nn1. The van der Waals surface area contributed by atoms with Gasteiger partial charge in [-0.3, -0.25) is 0 Å². The lowest BCUT2D eigenvalue weighted by Gasteiger charge is -2.08. The molecule has 5 heteroatoms. The van der Waals surface area contributed by atoms with Crippen LogP contribution in [-0.4, -0.2) is 22.1 Å². The Hall–Kier alpha value is -1.36. The van der Waals surface area contributed by atoms with Gasteiger partial charge in [0, 0.05) is 0 Å². The van der Waals surface area contributed by atoms with Crippen LogP contribution in [0, 0.1) is 6.92 Å². The van der Waals surface area contributed by atoms with E-state index in [9.17, 15) is 0 Å². The van der Waals surface area contributed by atoms with Crippen LogP contribution in [0.25, 0.3) is 5.69 Å². The highest BCUT2D eigenvalue weighted by molar-refractivity contribution is 9.09. The Balaban J connectivity index is 2.47. The second-order valence-corrected chi connectivity index (χ2v) is 5.25. The van der Waals surface area contributed by atoms with Crippen LogP contribution >= 0.6 is 15.9 Å². The summed E-state index contributed by atoms with van der Waals surface area (Å²) in [6.45, 7) is 4.05. The number of nitrogens with zero attached hydrogens (tertiary/aromatic N) is 3. The molecule has 1 unspecified atom stereocenters. The van der Waals surface area contributed by atoms with Crippen molar-refractivity contribution in [3.05, 3.63) is 35.7 Å². The van der Waals surface area contributed by atoms with E-state index in [0.29, 0.717) is 0 Å². The Bertz CT molecular complexity index is 522. The average molecular weight is 296 g/mol. The van der Waals surface area contributed by atoms with Crippen LogP contribution < -0.4 is 4.74 Å². The second-order valence-electron chi connectivity index (χ2n) is 3.88. The Morgan fingerprint density at radius 2 is 2.18 bits per heavy atom. The van der Waals surface area contributed by atoms with Crippen LogP contribution in [0.2, 0.25) is 0 Å². The first kappa shape index (κ1) is 12.1. The first-order valence-electron chi connectivity index (χ1n) is 5.33. The zero-order valence-electron chi connectivity index (χ0n) is 10.0. The number of rotatable bonds is 3. The zero-order valence-corrected chi connectivity index (χ0v) is 11.6. The van der Waals surface area contributed by atoms with Crippen LogP contribution in [0.15, 0.2) is 24.4 Å². The van der Waals surface area contributed by atoms with Gasteiger partial charge < -0.3 is 4.74 Å². The highest BCUT2D eigenvalue weighted by Gasteiger charge is 2.10. The van der Waals surface area contributed by atoms with Gasteiger partial charge in [-0.2, -0.15) is 0 Å². The van der Waals surface area contributed by atoms with Gasteiger partial charge >= 0.3 is 0 Å². The van der Waals surface area contributed by atoms with Crippen molar-refractivity contribution < 1.29 is 4.74 Å². The summed E-state index contributed by atoms with van der Waals surface area (Å²) < 4.78 is 7.06. The molecule has 0 fully saturated rings. The highest BCUT2D eigenvalue weighted by atomic mass is 79.9. The van der Waals surface area contributed by atoms with E-state index in [-0.39, 0.29) is 4.83 Å². The summed E-state index contributed by atoms with van der Waals surface area (Å²) >= 11 is 3.47. The van der Waals surface area contributed by atoms with Crippen LogP contribution in [-0.2, 0) is 0 Å². The molecular weight excluding hydrogens is 282 g/mol. The van der Waals surface area contributed by atoms with Gasteiger partial charge in [-0.1, -0.05) is 27.2 Å². The molecule has 1 atom stereocenters. The fourth-order valence-electron chi connectivity index (χ4n) is 1.56. The molecule has 0 spiro atoms. The van der Waals surface area contributed by atoms with Crippen LogP contribution in [0.3, 0.4) is 0 Å². The normalized spacial score (nSPS) is 12.5. The molecule has 0 saturated carbocycles. The van der Waals surface area contributed by atoms with Gasteiger partial charge in [0.1, 0.15) is 11.4 Å². The van der Waals surface area contributed by atoms with Crippen LogP contribution in [0.4, 0.5) is 0 Å². The Morgan fingerprint density at radius 3 is 2.76 bits per heavy atom. The van der Waals surface area contributed by atoms with E-state index in [1.54, 1.807) is 11.8 Å².